The molecule has 0 amide bonds. The van der Waals surface area contributed by atoms with E-state index in [1.165, 1.54) is 16.2 Å². The third-order valence-electron chi connectivity index (χ3n) is 5.92. The standard InChI is InChI=1S/C30H30O2P/c1-2-3-23-32-30(31)28-21-13-14-22-29(28)33(26-17-9-5-10-18-26,27-19-11-6-12-20-27)24-25-15-7-4-8-16-25/h4-22H,2-3,23-24H2,1H3/q+1. The second-order valence-corrected chi connectivity index (χ2v) is 11.6. The van der Waals surface area contributed by atoms with E-state index >= 15 is 0 Å². The smallest absolute Gasteiger partial charge is 0.342 e. The van der Waals surface area contributed by atoms with Crippen LogP contribution in [0.2, 0.25) is 0 Å². The van der Waals surface area contributed by atoms with E-state index in [4.69, 9.17) is 4.74 Å². The Morgan fingerprint density at radius 2 is 1.21 bits per heavy atom. The fourth-order valence-corrected chi connectivity index (χ4v) is 8.71. The molecule has 0 spiro atoms. The molecule has 3 heteroatoms. The third kappa shape index (κ3) is 5.07. The van der Waals surface area contributed by atoms with Gasteiger partial charge < -0.3 is 4.74 Å². The van der Waals surface area contributed by atoms with Crippen molar-refractivity contribution in [2.45, 2.75) is 25.9 Å². The topological polar surface area (TPSA) is 26.3 Å². The molecule has 0 aliphatic rings. The maximum Gasteiger partial charge on any atom is 0.342 e. The lowest BCUT2D eigenvalue weighted by Crippen LogP contribution is -2.35. The van der Waals surface area contributed by atoms with Gasteiger partial charge in [-0.2, -0.15) is 0 Å². The lowest BCUT2D eigenvalue weighted by Gasteiger charge is -2.29. The lowest BCUT2D eigenvalue weighted by molar-refractivity contribution is 0.0501. The zero-order valence-electron chi connectivity index (χ0n) is 19.1. The van der Waals surface area contributed by atoms with Crippen molar-refractivity contribution in [3.63, 3.8) is 0 Å². The highest BCUT2D eigenvalue weighted by atomic mass is 31.2. The van der Waals surface area contributed by atoms with E-state index in [1.54, 1.807) is 0 Å². The fraction of sp³-hybridized carbons (Fsp3) is 0.167. The molecule has 4 aromatic rings. The number of benzene rings is 4. The van der Waals surface area contributed by atoms with Gasteiger partial charge in [-0.3, -0.25) is 0 Å². The second-order valence-electron chi connectivity index (χ2n) is 8.13. The number of hydrogen-bond donors (Lipinski definition) is 0. The van der Waals surface area contributed by atoms with Crippen LogP contribution in [0.15, 0.2) is 115 Å². The Bertz CT molecular complexity index is 1120. The molecule has 0 bridgehead atoms. The SMILES string of the molecule is CCCCOC(=O)c1ccccc1[P+](Cc1ccccc1)(c1ccccc1)c1ccccc1. The molecule has 2 nitrogen and oxygen atoms in total. The number of hydrogen-bond acceptors (Lipinski definition) is 2. The van der Waals surface area contributed by atoms with Crippen molar-refractivity contribution in [3.05, 3.63) is 126 Å². The van der Waals surface area contributed by atoms with Crippen LogP contribution in [0.25, 0.3) is 0 Å². The summed E-state index contributed by atoms with van der Waals surface area (Å²) in [5.41, 5.74) is 1.93. The molecule has 0 saturated heterocycles. The first kappa shape index (κ1) is 23.0. The minimum absolute atomic E-state index is 0.233. The molecule has 0 radical (unpaired) electrons. The molecule has 33 heavy (non-hydrogen) atoms. The van der Waals surface area contributed by atoms with Crippen molar-refractivity contribution in [3.8, 4) is 0 Å². The van der Waals surface area contributed by atoms with Gasteiger partial charge in [0.15, 0.2) is 0 Å². The highest BCUT2D eigenvalue weighted by Crippen LogP contribution is 2.58. The molecule has 166 valence electrons. The van der Waals surface area contributed by atoms with E-state index in [0.29, 0.717) is 12.2 Å². The van der Waals surface area contributed by atoms with E-state index < -0.39 is 7.26 Å². The van der Waals surface area contributed by atoms with E-state index in [-0.39, 0.29) is 5.97 Å². The Kier molecular flexibility index (Phi) is 7.70. The molecule has 0 atom stereocenters. The van der Waals surface area contributed by atoms with Crippen molar-refractivity contribution in [1.82, 2.24) is 0 Å². The predicted octanol–water partition coefficient (Wildman–Crippen LogP) is 6.14. The summed E-state index contributed by atoms with van der Waals surface area (Å²) in [5.74, 6) is -0.233. The molecular formula is C30H30O2P+. The van der Waals surface area contributed by atoms with Crippen molar-refractivity contribution in [1.29, 1.82) is 0 Å². The first-order chi connectivity index (χ1) is 16.3. The predicted molar refractivity (Wildman–Crippen MR) is 140 cm³/mol. The summed E-state index contributed by atoms with van der Waals surface area (Å²) in [4.78, 5) is 13.3. The Morgan fingerprint density at radius 1 is 0.697 bits per heavy atom. The van der Waals surface area contributed by atoms with Gasteiger partial charge in [0.1, 0.15) is 28.7 Å². The van der Waals surface area contributed by atoms with Gasteiger partial charge >= 0.3 is 5.97 Å². The Balaban J connectivity index is 1.96. The Hall–Kier alpha value is -3.22. The fourth-order valence-electron chi connectivity index (χ4n) is 4.28. The van der Waals surface area contributed by atoms with Gasteiger partial charge in [-0.15, -0.1) is 0 Å². The van der Waals surface area contributed by atoms with Crippen molar-refractivity contribution < 1.29 is 9.53 Å². The van der Waals surface area contributed by atoms with Crippen LogP contribution in [0.1, 0.15) is 35.7 Å². The summed E-state index contributed by atoms with van der Waals surface area (Å²) in [6, 6.07) is 40.0. The molecule has 0 heterocycles. The van der Waals surface area contributed by atoms with Crippen molar-refractivity contribution >= 4 is 29.1 Å². The molecule has 0 aliphatic heterocycles. The van der Waals surface area contributed by atoms with Gasteiger partial charge in [-0.05, 0) is 48.4 Å². The maximum absolute atomic E-state index is 13.3. The number of carbonyl (C=O) groups excluding carboxylic acids is 1. The average molecular weight is 454 g/mol. The number of unbranched alkanes of at least 4 members (excludes halogenated alkanes) is 1. The maximum atomic E-state index is 13.3. The summed E-state index contributed by atoms with van der Waals surface area (Å²) >= 11 is 0. The second kappa shape index (κ2) is 11.1. The zero-order valence-corrected chi connectivity index (χ0v) is 20.0. The lowest BCUT2D eigenvalue weighted by atomic mass is 10.2. The van der Waals surface area contributed by atoms with Gasteiger partial charge in [0.25, 0.3) is 0 Å². The van der Waals surface area contributed by atoms with Crippen LogP contribution >= 0.6 is 7.26 Å². The molecule has 0 fully saturated rings. The van der Waals surface area contributed by atoms with E-state index in [0.717, 1.165) is 24.3 Å². The molecule has 0 unspecified atom stereocenters. The Labute approximate surface area is 197 Å². The van der Waals surface area contributed by atoms with E-state index in [2.05, 4.69) is 97.9 Å². The summed E-state index contributed by atoms with van der Waals surface area (Å²) in [5, 5.41) is 3.59. The molecular weight excluding hydrogens is 423 g/mol. The molecule has 0 saturated carbocycles. The van der Waals surface area contributed by atoms with Crippen molar-refractivity contribution in [2.24, 2.45) is 0 Å². The third-order valence-corrected chi connectivity index (χ3v) is 10.3. The van der Waals surface area contributed by atoms with Crippen LogP contribution < -0.4 is 15.9 Å². The van der Waals surface area contributed by atoms with Crippen LogP contribution in [-0.2, 0) is 10.9 Å². The summed E-state index contributed by atoms with van der Waals surface area (Å²) < 4.78 is 5.71. The highest BCUT2D eigenvalue weighted by Gasteiger charge is 2.47. The van der Waals surface area contributed by atoms with Gasteiger partial charge in [-0.25, -0.2) is 4.79 Å². The van der Waals surface area contributed by atoms with Gasteiger partial charge in [0, 0.05) is 0 Å². The molecule has 0 aliphatic carbocycles. The number of ether oxygens (including phenoxy) is 1. The van der Waals surface area contributed by atoms with Crippen LogP contribution in [0.3, 0.4) is 0 Å². The first-order valence-electron chi connectivity index (χ1n) is 11.6. The Morgan fingerprint density at radius 3 is 1.79 bits per heavy atom. The summed E-state index contributed by atoms with van der Waals surface area (Å²) in [7, 11) is -2.21. The van der Waals surface area contributed by atoms with Gasteiger partial charge in [0.05, 0.1) is 12.8 Å². The zero-order chi connectivity index (χ0) is 22.9. The molecule has 4 rings (SSSR count). The van der Waals surface area contributed by atoms with Crippen LogP contribution in [0.4, 0.5) is 0 Å². The minimum atomic E-state index is -2.21. The minimum Gasteiger partial charge on any atom is -0.462 e. The summed E-state index contributed by atoms with van der Waals surface area (Å²) in [6.45, 7) is 2.55. The summed E-state index contributed by atoms with van der Waals surface area (Å²) in [6.07, 6.45) is 2.70. The number of carbonyl (C=O) groups is 1. The normalized spacial score (nSPS) is 11.2. The molecule has 4 aromatic carbocycles. The van der Waals surface area contributed by atoms with E-state index in [1.807, 2.05) is 24.3 Å². The largest absolute Gasteiger partial charge is 0.462 e. The highest BCUT2D eigenvalue weighted by molar-refractivity contribution is 7.95. The van der Waals surface area contributed by atoms with Crippen LogP contribution in [0.5, 0.6) is 0 Å². The first-order valence-corrected chi connectivity index (χ1v) is 13.5. The quantitative estimate of drug-likeness (QED) is 0.173. The number of esters is 1. The van der Waals surface area contributed by atoms with Crippen LogP contribution in [0, 0.1) is 0 Å². The van der Waals surface area contributed by atoms with E-state index in [9.17, 15) is 4.79 Å². The molecule has 0 aromatic heterocycles. The average Bonchev–Trinajstić information content (AvgIpc) is 2.89. The van der Waals surface area contributed by atoms with Crippen LogP contribution in [-0.4, -0.2) is 12.6 Å². The van der Waals surface area contributed by atoms with Gasteiger partial charge in [-0.1, -0.05) is 92.2 Å². The molecule has 0 N–H and O–H groups in total. The monoisotopic (exact) mass is 453 g/mol. The van der Waals surface area contributed by atoms with Gasteiger partial charge in [0.2, 0.25) is 0 Å². The van der Waals surface area contributed by atoms with Crippen molar-refractivity contribution in [2.75, 3.05) is 6.61 Å². The number of rotatable bonds is 9.